The van der Waals surface area contributed by atoms with Crippen molar-refractivity contribution in [2.45, 2.75) is 39.0 Å². The van der Waals surface area contributed by atoms with Gasteiger partial charge in [0.2, 0.25) is 5.91 Å². The molecule has 2 N–H and O–H groups in total. The second-order valence-corrected chi connectivity index (χ2v) is 6.19. The minimum absolute atomic E-state index is 0.0625. The van der Waals surface area contributed by atoms with Crippen LogP contribution in [0.2, 0.25) is 0 Å². The maximum atomic E-state index is 11.5. The fraction of sp³-hybridized carbons (Fsp3) is 0.438. The van der Waals surface area contributed by atoms with E-state index in [-0.39, 0.29) is 17.2 Å². The molecule has 0 aromatic heterocycles. The lowest BCUT2D eigenvalue weighted by Gasteiger charge is -2.19. The van der Waals surface area contributed by atoms with Crippen molar-refractivity contribution in [1.29, 1.82) is 0 Å². The van der Waals surface area contributed by atoms with Crippen molar-refractivity contribution in [2.75, 3.05) is 0 Å². The molecule has 0 bridgehead atoms. The van der Waals surface area contributed by atoms with Gasteiger partial charge < -0.3 is 0 Å². The van der Waals surface area contributed by atoms with Gasteiger partial charge in [-0.3, -0.25) is 15.6 Å². The lowest BCUT2D eigenvalue weighted by Crippen LogP contribution is -2.36. The molecule has 0 heterocycles. The summed E-state index contributed by atoms with van der Waals surface area (Å²) in [7, 11) is 0. The summed E-state index contributed by atoms with van der Waals surface area (Å²) in [6, 6.07) is 8.26. The van der Waals surface area contributed by atoms with E-state index in [1.165, 1.54) is 5.56 Å². The van der Waals surface area contributed by atoms with Crippen molar-refractivity contribution in [1.82, 2.24) is 10.9 Å². The second kappa shape index (κ2) is 5.08. The topological polar surface area (TPSA) is 41.1 Å². The van der Waals surface area contributed by atoms with Crippen LogP contribution in [0.1, 0.15) is 44.7 Å². The van der Waals surface area contributed by atoms with E-state index in [9.17, 15) is 4.79 Å². The van der Waals surface area contributed by atoms with Gasteiger partial charge in [0.15, 0.2) is 0 Å². The molecule has 1 saturated carbocycles. The normalized spacial score (nSPS) is 14.9. The maximum absolute atomic E-state index is 11.5. The Balaban J connectivity index is 1.93. The molecule has 0 radical (unpaired) electrons. The van der Waals surface area contributed by atoms with E-state index >= 15 is 0 Å². The first kappa shape index (κ1) is 13.7. The van der Waals surface area contributed by atoms with E-state index in [0.29, 0.717) is 0 Å². The predicted molar refractivity (Wildman–Crippen MR) is 78.2 cm³/mol. The summed E-state index contributed by atoms with van der Waals surface area (Å²) in [5.74, 6) is 0.260. The summed E-state index contributed by atoms with van der Waals surface area (Å²) in [5.41, 5.74) is 8.72. The zero-order valence-electron chi connectivity index (χ0n) is 11.9. The number of carbonyl (C=O) groups is 1. The van der Waals surface area contributed by atoms with E-state index in [2.05, 4.69) is 50.3 Å². The Morgan fingerprint density at radius 2 is 1.74 bits per heavy atom. The predicted octanol–water partition coefficient (Wildman–Crippen LogP) is 2.99. The first-order chi connectivity index (χ1) is 8.88. The Bertz CT molecular complexity index is 478. The van der Waals surface area contributed by atoms with Crippen LogP contribution in [0.4, 0.5) is 0 Å². The first-order valence-corrected chi connectivity index (χ1v) is 6.73. The highest BCUT2D eigenvalue weighted by Gasteiger charge is 2.29. The molecule has 3 nitrogen and oxygen atoms in total. The van der Waals surface area contributed by atoms with Crippen LogP contribution in [-0.2, 0) is 10.2 Å². The Labute approximate surface area is 115 Å². The van der Waals surface area contributed by atoms with Gasteiger partial charge in [0, 0.05) is 5.92 Å². The Morgan fingerprint density at radius 3 is 2.21 bits per heavy atom. The average Bonchev–Trinajstić information content (AvgIpc) is 3.19. The van der Waals surface area contributed by atoms with Crippen LogP contribution in [0.15, 0.2) is 30.8 Å². The van der Waals surface area contributed by atoms with Crippen LogP contribution >= 0.6 is 0 Å². The monoisotopic (exact) mass is 258 g/mol. The molecule has 1 fully saturated rings. The quantitative estimate of drug-likeness (QED) is 0.815. The van der Waals surface area contributed by atoms with Crippen LogP contribution in [-0.4, -0.2) is 5.91 Å². The molecule has 1 aliphatic rings. The van der Waals surface area contributed by atoms with Gasteiger partial charge >= 0.3 is 0 Å². The molecule has 1 aromatic rings. The smallest absolute Gasteiger partial charge is 0.241 e. The van der Waals surface area contributed by atoms with Crippen LogP contribution in [0.3, 0.4) is 0 Å². The lowest BCUT2D eigenvalue weighted by molar-refractivity contribution is -0.122. The van der Waals surface area contributed by atoms with Gasteiger partial charge in [-0.1, -0.05) is 51.6 Å². The summed E-state index contributed by atoms with van der Waals surface area (Å²) in [6.07, 6.45) is 2.00. The summed E-state index contributed by atoms with van der Waals surface area (Å²) in [4.78, 5) is 11.5. The number of hydrazine groups is 1. The third-order valence-electron chi connectivity index (χ3n) is 3.38. The van der Waals surface area contributed by atoms with E-state index in [1.807, 2.05) is 12.1 Å². The van der Waals surface area contributed by atoms with Crippen LogP contribution in [0, 0.1) is 5.92 Å². The molecular weight excluding hydrogens is 236 g/mol. The summed E-state index contributed by atoms with van der Waals surface area (Å²) in [5, 5.41) is 0. The minimum atomic E-state index is 0.0625. The van der Waals surface area contributed by atoms with Crippen molar-refractivity contribution >= 4 is 11.6 Å². The Morgan fingerprint density at radius 1 is 1.16 bits per heavy atom. The van der Waals surface area contributed by atoms with Gasteiger partial charge in [-0.25, -0.2) is 0 Å². The molecule has 0 atom stereocenters. The maximum Gasteiger partial charge on any atom is 0.241 e. The van der Waals surface area contributed by atoms with E-state index in [0.717, 1.165) is 24.1 Å². The molecule has 0 aliphatic heterocycles. The highest BCUT2D eigenvalue weighted by Crippen LogP contribution is 2.28. The second-order valence-electron chi connectivity index (χ2n) is 6.19. The molecule has 2 rings (SSSR count). The number of hydrogen-bond acceptors (Lipinski definition) is 2. The van der Waals surface area contributed by atoms with E-state index in [4.69, 9.17) is 0 Å². The summed E-state index contributed by atoms with van der Waals surface area (Å²) >= 11 is 0. The number of benzene rings is 1. The zero-order chi connectivity index (χ0) is 14.0. The third kappa shape index (κ3) is 3.60. The SMILES string of the molecule is C=C(NNC(=O)C1CC1)c1ccc(C(C)(C)C)cc1. The fourth-order valence-electron chi connectivity index (χ4n) is 1.83. The van der Waals surface area contributed by atoms with Crippen molar-refractivity contribution < 1.29 is 4.79 Å². The van der Waals surface area contributed by atoms with Crippen LogP contribution < -0.4 is 10.9 Å². The number of carbonyl (C=O) groups excluding carboxylic acids is 1. The first-order valence-electron chi connectivity index (χ1n) is 6.73. The molecule has 19 heavy (non-hydrogen) atoms. The van der Waals surface area contributed by atoms with Gasteiger partial charge in [-0.2, -0.15) is 0 Å². The number of hydrogen-bond donors (Lipinski definition) is 2. The number of nitrogens with one attached hydrogen (secondary N) is 2. The van der Waals surface area contributed by atoms with Crippen molar-refractivity contribution in [3.8, 4) is 0 Å². The van der Waals surface area contributed by atoms with E-state index in [1.54, 1.807) is 0 Å². The van der Waals surface area contributed by atoms with Crippen molar-refractivity contribution in [2.24, 2.45) is 5.92 Å². The summed E-state index contributed by atoms with van der Waals surface area (Å²) in [6.45, 7) is 10.5. The molecule has 1 aliphatic carbocycles. The van der Waals surface area contributed by atoms with Gasteiger partial charge in [0.1, 0.15) is 0 Å². The van der Waals surface area contributed by atoms with Crippen LogP contribution in [0.25, 0.3) is 5.70 Å². The number of amides is 1. The molecular formula is C16H22N2O. The standard InChI is InChI=1S/C16H22N2O/c1-11(17-18-15(19)13-5-6-13)12-7-9-14(10-8-12)16(2,3)4/h7-10,13,17H,1,5-6H2,2-4H3,(H,18,19). The van der Waals surface area contributed by atoms with Gasteiger partial charge in [0.05, 0.1) is 5.70 Å². The molecule has 1 aromatic carbocycles. The molecule has 0 spiro atoms. The van der Waals surface area contributed by atoms with Crippen molar-refractivity contribution in [3.05, 3.63) is 42.0 Å². The Hall–Kier alpha value is -1.77. The van der Waals surface area contributed by atoms with Gasteiger partial charge in [-0.15, -0.1) is 0 Å². The summed E-state index contributed by atoms with van der Waals surface area (Å²) < 4.78 is 0. The minimum Gasteiger partial charge on any atom is -0.299 e. The largest absolute Gasteiger partial charge is 0.299 e. The Kier molecular flexibility index (Phi) is 3.65. The lowest BCUT2D eigenvalue weighted by atomic mass is 9.86. The van der Waals surface area contributed by atoms with Gasteiger partial charge in [-0.05, 0) is 29.4 Å². The fourth-order valence-corrected chi connectivity index (χ4v) is 1.83. The molecule has 1 amide bonds. The van der Waals surface area contributed by atoms with Crippen molar-refractivity contribution in [3.63, 3.8) is 0 Å². The third-order valence-corrected chi connectivity index (χ3v) is 3.38. The van der Waals surface area contributed by atoms with Gasteiger partial charge in [0.25, 0.3) is 0 Å². The molecule has 102 valence electrons. The van der Waals surface area contributed by atoms with Crippen LogP contribution in [0.5, 0.6) is 0 Å². The zero-order valence-corrected chi connectivity index (χ0v) is 11.9. The highest BCUT2D eigenvalue weighted by molar-refractivity contribution is 5.81. The molecule has 3 heteroatoms. The van der Waals surface area contributed by atoms with E-state index < -0.39 is 0 Å². The molecule has 0 unspecified atom stereocenters. The molecule has 0 saturated heterocycles. The number of rotatable bonds is 4. The highest BCUT2D eigenvalue weighted by atomic mass is 16.2. The average molecular weight is 258 g/mol.